The van der Waals surface area contributed by atoms with Gasteiger partial charge in [-0.25, -0.2) is 12.7 Å². The molecule has 0 aliphatic carbocycles. The fourth-order valence-electron chi connectivity index (χ4n) is 3.24. The molecule has 2 heterocycles. The highest BCUT2D eigenvalue weighted by Crippen LogP contribution is 2.18. The van der Waals surface area contributed by atoms with E-state index in [2.05, 4.69) is 39.5 Å². The molecule has 1 aromatic rings. The van der Waals surface area contributed by atoms with Crippen LogP contribution in [0, 0.1) is 0 Å². The highest BCUT2D eigenvalue weighted by molar-refractivity contribution is 14.0. The van der Waals surface area contributed by atoms with E-state index in [4.69, 9.17) is 0 Å². The molecule has 3 rings (SSSR count). The molecule has 0 spiro atoms. The minimum absolute atomic E-state index is 0. The van der Waals surface area contributed by atoms with Crippen molar-refractivity contribution in [1.29, 1.82) is 0 Å². The van der Waals surface area contributed by atoms with Gasteiger partial charge in [-0.2, -0.15) is 0 Å². The van der Waals surface area contributed by atoms with Gasteiger partial charge in [0, 0.05) is 39.8 Å². The van der Waals surface area contributed by atoms with E-state index in [0.717, 1.165) is 31.9 Å². The Morgan fingerprint density at radius 1 is 1.25 bits per heavy atom. The average Bonchev–Trinajstić information content (AvgIpc) is 2.90. The first-order valence-corrected chi connectivity index (χ1v) is 9.71. The van der Waals surface area contributed by atoms with Crippen molar-refractivity contribution in [2.45, 2.75) is 19.4 Å². The standard InChI is InChI=1S/C16H24N4O2S.HI/c1-17-16(18-8-11-20-9-4-12-23(20,21)22)19-10-7-14-5-2-3-6-15(14)13-19;/h2-3,5-6H,4,7-13H2,1H3,(H,17,18);1H. The zero-order valence-corrected chi connectivity index (χ0v) is 17.1. The van der Waals surface area contributed by atoms with Crippen LogP contribution in [0.2, 0.25) is 0 Å². The second-order valence-electron chi connectivity index (χ2n) is 5.98. The van der Waals surface area contributed by atoms with Crippen molar-refractivity contribution in [2.75, 3.05) is 39.0 Å². The van der Waals surface area contributed by atoms with Gasteiger partial charge >= 0.3 is 0 Å². The number of nitrogens with one attached hydrogen (secondary N) is 1. The van der Waals surface area contributed by atoms with Crippen LogP contribution >= 0.6 is 24.0 Å². The van der Waals surface area contributed by atoms with Crippen LogP contribution in [0.25, 0.3) is 0 Å². The molecule has 0 atom stereocenters. The minimum atomic E-state index is -3.02. The maximum atomic E-state index is 11.8. The largest absolute Gasteiger partial charge is 0.355 e. The van der Waals surface area contributed by atoms with Gasteiger partial charge in [0.05, 0.1) is 5.75 Å². The molecule has 0 bridgehead atoms. The molecule has 1 saturated heterocycles. The maximum absolute atomic E-state index is 11.8. The lowest BCUT2D eigenvalue weighted by atomic mass is 10.0. The molecule has 1 fully saturated rings. The Balaban J connectivity index is 0.00000208. The van der Waals surface area contributed by atoms with Crippen molar-refractivity contribution in [3.8, 4) is 0 Å². The topological polar surface area (TPSA) is 65.0 Å². The molecule has 8 heteroatoms. The van der Waals surface area contributed by atoms with E-state index in [9.17, 15) is 8.42 Å². The zero-order chi connectivity index (χ0) is 16.3. The SMILES string of the molecule is CN=C(NCCN1CCCS1(=O)=O)N1CCc2ccccc2C1.I. The molecule has 2 aliphatic rings. The van der Waals surface area contributed by atoms with Gasteiger partial charge in [-0.3, -0.25) is 4.99 Å². The first kappa shape index (κ1) is 19.5. The van der Waals surface area contributed by atoms with Crippen LogP contribution in [0.5, 0.6) is 0 Å². The Morgan fingerprint density at radius 3 is 2.67 bits per heavy atom. The normalized spacial score (nSPS) is 20.4. The highest BCUT2D eigenvalue weighted by Gasteiger charge is 2.27. The van der Waals surface area contributed by atoms with Gasteiger partial charge in [0.1, 0.15) is 0 Å². The van der Waals surface area contributed by atoms with E-state index in [1.165, 1.54) is 11.1 Å². The Bertz CT molecular complexity index is 693. The Kier molecular flexibility index (Phi) is 6.88. The highest BCUT2D eigenvalue weighted by atomic mass is 127. The number of sulfonamides is 1. The molecule has 1 aromatic carbocycles. The van der Waals surface area contributed by atoms with Crippen LogP contribution in [0.4, 0.5) is 0 Å². The van der Waals surface area contributed by atoms with Gasteiger partial charge in [-0.1, -0.05) is 24.3 Å². The Hall–Kier alpha value is -0.870. The smallest absolute Gasteiger partial charge is 0.214 e. The van der Waals surface area contributed by atoms with Crippen molar-refractivity contribution in [2.24, 2.45) is 4.99 Å². The summed E-state index contributed by atoms with van der Waals surface area (Å²) in [5.74, 6) is 1.13. The molecule has 134 valence electrons. The summed E-state index contributed by atoms with van der Waals surface area (Å²) >= 11 is 0. The van der Waals surface area contributed by atoms with Gasteiger partial charge in [0.15, 0.2) is 5.96 Å². The molecule has 0 aromatic heterocycles. The maximum Gasteiger partial charge on any atom is 0.214 e. The quantitative estimate of drug-likeness (QED) is 0.416. The van der Waals surface area contributed by atoms with E-state index in [-0.39, 0.29) is 29.7 Å². The number of guanidine groups is 1. The number of halogens is 1. The summed E-state index contributed by atoms with van der Waals surface area (Å²) in [4.78, 5) is 6.57. The minimum Gasteiger partial charge on any atom is -0.355 e. The number of hydrogen-bond donors (Lipinski definition) is 1. The van der Waals surface area contributed by atoms with Crippen LogP contribution in [-0.4, -0.2) is 62.6 Å². The summed E-state index contributed by atoms with van der Waals surface area (Å²) in [7, 11) is -1.24. The third-order valence-corrected chi connectivity index (χ3v) is 6.45. The van der Waals surface area contributed by atoms with Crippen LogP contribution in [0.1, 0.15) is 17.5 Å². The fourth-order valence-corrected chi connectivity index (χ4v) is 4.77. The van der Waals surface area contributed by atoms with Crippen molar-refractivity contribution >= 4 is 40.0 Å². The van der Waals surface area contributed by atoms with E-state index in [1.807, 2.05) is 0 Å². The molecule has 24 heavy (non-hydrogen) atoms. The van der Waals surface area contributed by atoms with Crippen LogP contribution in [0.3, 0.4) is 0 Å². The van der Waals surface area contributed by atoms with Gasteiger partial charge in [-0.05, 0) is 24.0 Å². The van der Waals surface area contributed by atoms with Gasteiger partial charge in [0.25, 0.3) is 0 Å². The van der Waals surface area contributed by atoms with Crippen molar-refractivity contribution in [3.63, 3.8) is 0 Å². The van der Waals surface area contributed by atoms with Gasteiger partial charge in [-0.15, -0.1) is 24.0 Å². The Labute approximate surface area is 161 Å². The van der Waals surface area contributed by atoms with Gasteiger partial charge < -0.3 is 10.2 Å². The Morgan fingerprint density at radius 2 is 2.00 bits per heavy atom. The zero-order valence-electron chi connectivity index (χ0n) is 13.9. The summed E-state index contributed by atoms with van der Waals surface area (Å²) in [6.45, 7) is 3.51. The summed E-state index contributed by atoms with van der Waals surface area (Å²) in [6, 6.07) is 8.49. The predicted octanol–water partition coefficient (Wildman–Crippen LogP) is 1.27. The number of hydrogen-bond acceptors (Lipinski definition) is 3. The van der Waals surface area contributed by atoms with Crippen molar-refractivity contribution in [3.05, 3.63) is 35.4 Å². The van der Waals surface area contributed by atoms with E-state index in [1.54, 1.807) is 11.4 Å². The average molecular weight is 464 g/mol. The van der Waals surface area contributed by atoms with Crippen LogP contribution in [-0.2, 0) is 23.0 Å². The number of benzene rings is 1. The van der Waals surface area contributed by atoms with Crippen LogP contribution in [0.15, 0.2) is 29.3 Å². The second-order valence-corrected chi connectivity index (χ2v) is 8.07. The summed E-state index contributed by atoms with van der Waals surface area (Å²) < 4.78 is 25.2. The molecule has 6 nitrogen and oxygen atoms in total. The lowest BCUT2D eigenvalue weighted by Gasteiger charge is -2.31. The van der Waals surface area contributed by atoms with E-state index in [0.29, 0.717) is 19.6 Å². The summed E-state index contributed by atoms with van der Waals surface area (Å²) in [6.07, 6.45) is 1.75. The van der Waals surface area contributed by atoms with Crippen molar-refractivity contribution in [1.82, 2.24) is 14.5 Å². The first-order valence-electron chi connectivity index (χ1n) is 8.10. The summed E-state index contributed by atoms with van der Waals surface area (Å²) in [5.41, 5.74) is 2.74. The lowest BCUT2D eigenvalue weighted by Crippen LogP contribution is -2.46. The molecule has 1 N–H and O–H groups in total. The monoisotopic (exact) mass is 464 g/mol. The number of nitrogens with zero attached hydrogens (tertiary/aromatic N) is 3. The number of fused-ring (bicyclic) bond motifs is 1. The molecular weight excluding hydrogens is 439 g/mol. The van der Waals surface area contributed by atoms with E-state index < -0.39 is 10.0 Å². The first-order chi connectivity index (χ1) is 11.1. The van der Waals surface area contributed by atoms with E-state index >= 15 is 0 Å². The molecule has 0 radical (unpaired) electrons. The number of aliphatic imine (C=N–C) groups is 1. The molecule has 0 saturated carbocycles. The lowest BCUT2D eigenvalue weighted by molar-refractivity contribution is 0.374. The number of rotatable bonds is 3. The third kappa shape index (κ3) is 4.40. The fraction of sp³-hybridized carbons (Fsp3) is 0.562. The molecule has 0 amide bonds. The third-order valence-electron chi connectivity index (χ3n) is 4.49. The molecule has 0 unspecified atom stereocenters. The second kappa shape index (κ2) is 8.48. The predicted molar refractivity (Wildman–Crippen MR) is 107 cm³/mol. The molecule has 2 aliphatic heterocycles. The summed E-state index contributed by atoms with van der Waals surface area (Å²) in [5, 5.41) is 3.30. The van der Waals surface area contributed by atoms with Gasteiger partial charge in [0.2, 0.25) is 10.0 Å². The molecular formula is C16H25IN4O2S. The van der Waals surface area contributed by atoms with Crippen LogP contribution < -0.4 is 5.32 Å². The van der Waals surface area contributed by atoms with Crippen molar-refractivity contribution < 1.29 is 8.42 Å².